The Morgan fingerprint density at radius 3 is 2.29 bits per heavy atom. The van der Waals surface area contributed by atoms with Gasteiger partial charge < -0.3 is 0 Å². The fourth-order valence-corrected chi connectivity index (χ4v) is 1.82. The van der Waals surface area contributed by atoms with Crippen LogP contribution in [0.1, 0.15) is 11.1 Å². The SMILES string of the molecule is C=NN(Cc1ccccc1)c1ccccc1C. The molecule has 2 heteroatoms. The first-order chi connectivity index (χ1) is 8.31. The van der Waals surface area contributed by atoms with Gasteiger partial charge in [0.05, 0.1) is 12.2 Å². The Morgan fingerprint density at radius 2 is 1.65 bits per heavy atom. The van der Waals surface area contributed by atoms with E-state index in [-0.39, 0.29) is 0 Å². The minimum Gasteiger partial charge on any atom is -0.261 e. The highest BCUT2D eigenvalue weighted by Gasteiger charge is 2.06. The van der Waals surface area contributed by atoms with Crippen LogP contribution in [0.15, 0.2) is 59.7 Å². The molecule has 17 heavy (non-hydrogen) atoms. The highest BCUT2D eigenvalue weighted by Crippen LogP contribution is 2.21. The summed E-state index contributed by atoms with van der Waals surface area (Å²) in [6.07, 6.45) is 0. The normalized spacial score (nSPS) is 9.94. The average Bonchev–Trinajstić information content (AvgIpc) is 2.38. The Morgan fingerprint density at radius 1 is 1.00 bits per heavy atom. The topological polar surface area (TPSA) is 15.6 Å². The van der Waals surface area contributed by atoms with Crippen molar-refractivity contribution < 1.29 is 0 Å². The third-order valence-electron chi connectivity index (χ3n) is 2.74. The molecular formula is C15H16N2. The van der Waals surface area contributed by atoms with Crippen LogP contribution < -0.4 is 5.01 Å². The van der Waals surface area contributed by atoms with E-state index >= 15 is 0 Å². The van der Waals surface area contributed by atoms with Crippen LogP contribution in [-0.2, 0) is 6.54 Å². The van der Waals surface area contributed by atoms with E-state index < -0.39 is 0 Å². The summed E-state index contributed by atoms with van der Waals surface area (Å²) in [6, 6.07) is 18.5. The highest BCUT2D eigenvalue weighted by molar-refractivity contribution is 5.54. The zero-order chi connectivity index (χ0) is 12.1. The van der Waals surface area contributed by atoms with E-state index in [1.165, 1.54) is 11.1 Å². The maximum atomic E-state index is 4.10. The van der Waals surface area contributed by atoms with Crippen molar-refractivity contribution in [2.24, 2.45) is 5.10 Å². The summed E-state index contributed by atoms with van der Waals surface area (Å²) in [5.41, 5.74) is 3.53. The van der Waals surface area contributed by atoms with Crippen LogP contribution in [0.25, 0.3) is 0 Å². The molecule has 0 spiro atoms. The summed E-state index contributed by atoms with van der Waals surface area (Å²) >= 11 is 0. The van der Waals surface area contributed by atoms with Crippen molar-refractivity contribution in [1.29, 1.82) is 0 Å². The number of nitrogens with zero attached hydrogens (tertiary/aromatic N) is 2. The Bertz CT molecular complexity index is 491. The number of anilines is 1. The van der Waals surface area contributed by atoms with E-state index in [2.05, 4.69) is 43.0 Å². The first-order valence-electron chi connectivity index (χ1n) is 5.65. The van der Waals surface area contributed by atoms with Gasteiger partial charge >= 0.3 is 0 Å². The van der Waals surface area contributed by atoms with E-state index in [4.69, 9.17) is 0 Å². The van der Waals surface area contributed by atoms with Crippen LogP contribution >= 0.6 is 0 Å². The van der Waals surface area contributed by atoms with Gasteiger partial charge in [0.1, 0.15) is 0 Å². The Hall–Kier alpha value is -2.09. The number of aryl methyl sites for hydroxylation is 1. The second-order valence-electron chi connectivity index (χ2n) is 3.97. The van der Waals surface area contributed by atoms with E-state index in [0.29, 0.717) is 0 Å². The minimum absolute atomic E-state index is 0.745. The second-order valence-corrected chi connectivity index (χ2v) is 3.97. The number of para-hydroxylation sites is 1. The molecule has 0 unspecified atom stereocenters. The third-order valence-corrected chi connectivity index (χ3v) is 2.74. The summed E-state index contributed by atoms with van der Waals surface area (Å²) < 4.78 is 0. The second kappa shape index (κ2) is 5.30. The molecule has 2 aromatic carbocycles. The molecule has 2 rings (SSSR count). The molecule has 0 saturated heterocycles. The van der Waals surface area contributed by atoms with E-state index in [1.54, 1.807) is 0 Å². The lowest BCUT2D eigenvalue weighted by atomic mass is 10.1. The zero-order valence-electron chi connectivity index (χ0n) is 10.0. The van der Waals surface area contributed by atoms with Gasteiger partial charge in [-0.15, -0.1) is 0 Å². The first kappa shape index (κ1) is 11.4. The summed E-state index contributed by atoms with van der Waals surface area (Å²) in [7, 11) is 0. The van der Waals surface area contributed by atoms with Gasteiger partial charge in [-0.2, -0.15) is 5.10 Å². The van der Waals surface area contributed by atoms with Crippen LogP contribution in [-0.4, -0.2) is 6.72 Å². The van der Waals surface area contributed by atoms with Gasteiger partial charge in [0, 0.05) is 6.72 Å². The van der Waals surface area contributed by atoms with Crippen LogP contribution in [0.3, 0.4) is 0 Å². The van der Waals surface area contributed by atoms with Crippen molar-refractivity contribution >= 4 is 12.4 Å². The predicted octanol–water partition coefficient (Wildman–Crippen LogP) is 3.62. The molecule has 0 N–H and O–H groups in total. The number of hydrogen-bond donors (Lipinski definition) is 0. The van der Waals surface area contributed by atoms with E-state index in [0.717, 1.165) is 12.2 Å². The lowest BCUT2D eigenvalue weighted by Crippen LogP contribution is -2.15. The molecule has 2 aromatic rings. The van der Waals surface area contributed by atoms with Gasteiger partial charge in [-0.05, 0) is 24.1 Å². The monoisotopic (exact) mass is 224 g/mol. The first-order valence-corrected chi connectivity index (χ1v) is 5.65. The quantitative estimate of drug-likeness (QED) is 0.572. The number of hydrazone groups is 1. The summed E-state index contributed by atoms with van der Waals surface area (Å²) in [4.78, 5) is 0. The summed E-state index contributed by atoms with van der Waals surface area (Å²) in [5.74, 6) is 0. The van der Waals surface area contributed by atoms with Crippen molar-refractivity contribution in [3.8, 4) is 0 Å². The molecule has 0 aliphatic carbocycles. The molecule has 0 bridgehead atoms. The van der Waals surface area contributed by atoms with Crippen molar-refractivity contribution in [3.63, 3.8) is 0 Å². The van der Waals surface area contributed by atoms with Crippen LogP contribution in [0.4, 0.5) is 5.69 Å². The maximum absolute atomic E-state index is 4.10. The van der Waals surface area contributed by atoms with Gasteiger partial charge in [0.2, 0.25) is 0 Å². The van der Waals surface area contributed by atoms with Crippen LogP contribution in [0, 0.1) is 6.92 Å². The predicted molar refractivity (Wildman–Crippen MR) is 73.4 cm³/mol. The van der Waals surface area contributed by atoms with Crippen LogP contribution in [0.5, 0.6) is 0 Å². The van der Waals surface area contributed by atoms with Gasteiger partial charge in [-0.25, -0.2) is 0 Å². The fraction of sp³-hybridized carbons (Fsp3) is 0.133. The highest BCUT2D eigenvalue weighted by atomic mass is 15.4. The fourth-order valence-electron chi connectivity index (χ4n) is 1.82. The van der Waals surface area contributed by atoms with E-state index in [9.17, 15) is 0 Å². The van der Waals surface area contributed by atoms with Gasteiger partial charge in [-0.3, -0.25) is 5.01 Å². The number of benzene rings is 2. The standard InChI is InChI=1S/C15H16N2/c1-13-8-6-7-11-15(13)17(16-2)12-14-9-4-3-5-10-14/h3-11H,2,12H2,1H3. The molecule has 2 nitrogen and oxygen atoms in total. The minimum atomic E-state index is 0.745. The smallest absolute Gasteiger partial charge is 0.0666 e. The van der Waals surface area contributed by atoms with Gasteiger partial charge in [-0.1, -0.05) is 48.5 Å². The average molecular weight is 224 g/mol. The molecule has 0 atom stereocenters. The molecule has 0 radical (unpaired) electrons. The van der Waals surface area contributed by atoms with Crippen LogP contribution in [0.2, 0.25) is 0 Å². The Kier molecular flexibility index (Phi) is 3.55. The molecule has 0 heterocycles. The Balaban J connectivity index is 2.24. The largest absolute Gasteiger partial charge is 0.261 e. The summed E-state index contributed by atoms with van der Waals surface area (Å²) in [5, 5.41) is 6.02. The molecule has 0 saturated carbocycles. The lowest BCUT2D eigenvalue weighted by Gasteiger charge is -2.20. The van der Waals surface area contributed by atoms with Gasteiger partial charge in [0.25, 0.3) is 0 Å². The molecule has 0 aromatic heterocycles. The molecule has 0 fully saturated rings. The molecular weight excluding hydrogens is 208 g/mol. The van der Waals surface area contributed by atoms with Crippen molar-refractivity contribution in [1.82, 2.24) is 0 Å². The molecule has 0 amide bonds. The number of hydrogen-bond acceptors (Lipinski definition) is 2. The maximum Gasteiger partial charge on any atom is 0.0666 e. The Labute approximate surface area is 102 Å². The van der Waals surface area contributed by atoms with Gasteiger partial charge in [0.15, 0.2) is 0 Å². The lowest BCUT2D eigenvalue weighted by molar-refractivity contribution is 0.857. The summed E-state index contributed by atoms with van der Waals surface area (Å²) in [6.45, 7) is 6.48. The molecule has 0 aliphatic heterocycles. The van der Waals surface area contributed by atoms with Crippen molar-refractivity contribution in [3.05, 3.63) is 65.7 Å². The number of rotatable bonds is 4. The van der Waals surface area contributed by atoms with Crippen molar-refractivity contribution in [2.75, 3.05) is 5.01 Å². The third kappa shape index (κ3) is 2.72. The zero-order valence-corrected chi connectivity index (χ0v) is 10.0. The van der Waals surface area contributed by atoms with E-state index in [1.807, 2.05) is 35.3 Å². The molecule has 86 valence electrons. The van der Waals surface area contributed by atoms with Crippen molar-refractivity contribution in [2.45, 2.75) is 13.5 Å². The molecule has 0 aliphatic rings.